The fraction of sp³-hybridized carbons (Fsp3) is 0.200. The second kappa shape index (κ2) is 9.54. The maximum Gasteiger partial charge on any atom is 0.416 e. The number of carbonyl (C=O) groups is 2. The number of carbonyl (C=O) groups excluding carboxylic acids is 2. The first kappa shape index (κ1) is 23.3. The van der Waals surface area contributed by atoms with Crippen LogP contribution >= 0.6 is 0 Å². The minimum Gasteiger partial charge on any atom is -0.326 e. The van der Waals surface area contributed by atoms with Gasteiger partial charge in [0.2, 0.25) is 5.91 Å². The average molecular weight is 471 g/mol. The molecule has 0 aliphatic carbocycles. The third kappa shape index (κ3) is 5.36. The molecule has 9 heteroatoms. The SMILES string of the molecule is O=C(Nc1ccc(C(F)(F)F)cc1)N[C@@H]1CCCN(c2ccc(-c3cccc(F)c3)cc2)C1=O. The van der Waals surface area contributed by atoms with Crippen LogP contribution in [-0.2, 0) is 11.0 Å². The molecule has 1 fully saturated rings. The Morgan fingerprint density at radius 3 is 2.29 bits per heavy atom. The third-order valence-electron chi connectivity index (χ3n) is 5.55. The zero-order valence-electron chi connectivity index (χ0n) is 17.9. The number of hydrogen-bond donors (Lipinski definition) is 2. The van der Waals surface area contributed by atoms with Crippen molar-refractivity contribution in [3.63, 3.8) is 0 Å². The number of anilines is 2. The van der Waals surface area contributed by atoms with Crippen LogP contribution in [0.4, 0.5) is 33.7 Å². The lowest BCUT2D eigenvalue weighted by molar-refractivity contribution is -0.137. The molecule has 0 unspecified atom stereocenters. The van der Waals surface area contributed by atoms with Gasteiger partial charge in [0.25, 0.3) is 0 Å². The molecule has 3 aromatic carbocycles. The Hall–Kier alpha value is -3.88. The summed E-state index contributed by atoms with van der Waals surface area (Å²) in [6.07, 6.45) is -3.37. The summed E-state index contributed by atoms with van der Waals surface area (Å²) in [6, 6.07) is 15.9. The van der Waals surface area contributed by atoms with Crippen LogP contribution in [-0.4, -0.2) is 24.5 Å². The predicted octanol–water partition coefficient (Wildman–Crippen LogP) is 5.83. The molecule has 1 aliphatic rings. The molecular weight excluding hydrogens is 450 g/mol. The van der Waals surface area contributed by atoms with Crippen molar-refractivity contribution in [2.24, 2.45) is 0 Å². The van der Waals surface area contributed by atoms with Gasteiger partial charge in [-0.2, -0.15) is 13.2 Å². The molecule has 1 saturated heterocycles. The lowest BCUT2D eigenvalue weighted by Gasteiger charge is -2.32. The summed E-state index contributed by atoms with van der Waals surface area (Å²) in [5, 5.41) is 5.05. The van der Waals surface area contributed by atoms with Gasteiger partial charge >= 0.3 is 12.2 Å². The maximum atomic E-state index is 13.5. The van der Waals surface area contributed by atoms with Crippen LogP contribution in [0.2, 0.25) is 0 Å². The number of nitrogens with one attached hydrogen (secondary N) is 2. The van der Waals surface area contributed by atoms with Crippen LogP contribution < -0.4 is 15.5 Å². The van der Waals surface area contributed by atoms with Crippen molar-refractivity contribution >= 4 is 23.3 Å². The zero-order valence-corrected chi connectivity index (χ0v) is 17.9. The van der Waals surface area contributed by atoms with Gasteiger partial charge in [-0.3, -0.25) is 4.79 Å². The first-order valence-electron chi connectivity index (χ1n) is 10.6. The fourth-order valence-corrected chi connectivity index (χ4v) is 3.84. The molecule has 0 radical (unpaired) electrons. The molecule has 1 atom stereocenters. The molecule has 0 bridgehead atoms. The molecule has 0 saturated carbocycles. The minimum absolute atomic E-state index is 0.179. The van der Waals surface area contributed by atoms with E-state index >= 15 is 0 Å². The topological polar surface area (TPSA) is 61.4 Å². The monoisotopic (exact) mass is 471 g/mol. The molecule has 5 nitrogen and oxygen atoms in total. The standard InChI is InChI=1S/C25H21F4N3O2/c26-19-4-1-3-17(15-19)16-6-12-21(13-7-16)32-14-2-5-22(23(32)33)31-24(34)30-20-10-8-18(9-11-20)25(27,28)29/h1,3-4,6-13,15,22H,2,5,14H2,(H2,30,31,34)/t22-/m1/s1. The molecule has 0 spiro atoms. The molecule has 176 valence electrons. The Morgan fingerprint density at radius 2 is 1.65 bits per heavy atom. The van der Waals surface area contributed by atoms with E-state index in [2.05, 4.69) is 10.6 Å². The third-order valence-corrected chi connectivity index (χ3v) is 5.55. The molecule has 0 aromatic heterocycles. The van der Waals surface area contributed by atoms with Gasteiger partial charge in [0, 0.05) is 17.9 Å². The van der Waals surface area contributed by atoms with Crippen LogP contribution in [0.5, 0.6) is 0 Å². The average Bonchev–Trinajstić information content (AvgIpc) is 2.80. The summed E-state index contributed by atoms with van der Waals surface area (Å²) in [7, 11) is 0. The number of halogens is 4. The van der Waals surface area contributed by atoms with E-state index in [-0.39, 0.29) is 17.4 Å². The smallest absolute Gasteiger partial charge is 0.326 e. The number of piperidine rings is 1. The van der Waals surface area contributed by atoms with Gasteiger partial charge in [0.1, 0.15) is 11.9 Å². The van der Waals surface area contributed by atoms with Crippen LogP contribution in [0.3, 0.4) is 0 Å². The van der Waals surface area contributed by atoms with E-state index in [9.17, 15) is 27.2 Å². The van der Waals surface area contributed by atoms with Crippen LogP contribution in [0.25, 0.3) is 11.1 Å². The highest BCUT2D eigenvalue weighted by molar-refractivity contribution is 6.01. The van der Waals surface area contributed by atoms with Gasteiger partial charge in [0.15, 0.2) is 0 Å². The van der Waals surface area contributed by atoms with Gasteiger partial charge < -0.3 is 15.5 Å². The molecule has 2 N–H and O–H groups in total. The number of hydrogen-bond acceptors (Lipinski definition) is 2. The number of rotatable bonds is 4. The summed E-state index contributed by atoms with van der Waals surface area (Å²) in [6.45, 7) is 0.483. The highest BCUT2D eigenvalue weighted by atomic mass is 19.4. The van der Waals surface area contributed by atoms with E-state index in [0.717, 1.165) is 35.4 Å². The Kier molecular flexibility index (Phi) is 6.54. The van der Waals surface area contributed by atoms with Crippen molar-refractivity contribution in [2.75, 3.05) is 16.8 Å². The summed E-state index contributed by atoms with van der Waals surface area (Å²) < 4.78 is 51.5. The first-order valence-corrected chi connectivity index (χ1v) is 10.6. The van der Waals surface area contributed by atoms with E-state index in [1.807, 2.05) is 0 Å². The van der Waals surface area contributed by atoms with Crippen LogP contribution in [0.15, 0.2) is 72.8 Å². The molecule has 1 aliphatic heterocycles. The van der Waals surface area contributed by atoms with E-state index < -0.39 is 23.8 Å². The van der Waals surface area contributed by atoms with Gasteiger partial charge in [-0.15, -0.1) is 0 Å². The second-order valence-electron chi connectivity index (χ2n) is 7.92. The first-order chi connectivity index (χ1) is 16.2. The van der Waals surface area contributed by atoms with E-state index in [1.54, 1.807) is 41.3 Å². The Bertz CT molecular complexity index is 1180. The lowest BCUT2D eigenvalue weighted by atomic mass is 10.0. The second-order valence-corrected chi connectivity index (χ2v) is 7.92. The van der Waals surface area contributed by atoms with Crippen molar-refractivity contribution in [3.8, 4) is 11.1 Å². The van der Waals surface area contributed by atoms with Gasteiger partial charge in [-0.25, -0.2) is 9.18 Å². The summed E-state index contributed by atoms with van der Waals surface area (Å²) in [5.74, 6) is -0.622. The predicted molar refractivity (Wildman–Crippen MR) is 121 cm³/mol. The number of urea groups is 1. The number of nitrogens with zero attached hydrogens (tertiary/aromatic N) is 1. The summed E-state index contributed by atoms with van der Waals surface area (Å²) in [4.78, 5) is 26.9. The number of alkyl halides is 3. The summed E-state index contributed by atoms with van der Waals surface area (Å²) >= 11 is 0. The quantitative estimate of drug-likeness (QED) is 0.471. The van der Waals surface area contributed by atoms with Crippen molar-refractivity contribution < 1.29 is 27.2 Å². The highest BCUT2D eigenvalue weighted by Gasteiger charge is 2.32. The largest absolute Gasteiger partial charge is 0.416 e. The van der Waals surface area contributed by atoms with E-state index in [0.29, 0.717) is 25.1 Å². The van der Waals surface area contributed by atoms with Crippen LogP contribution in [0, 0.1) is 5.82 Å². The molecule has 3 aromatic rings. The molecule has 34 heavy (non-hydrogen) atoms. The highest BCUT2D eigenvalue weighted by Crippen LogP contribution is 2.30. The maximum absolute atomic E-state index is 13.5. The molecule has 4 rings (SSSR count). The van der Waals surface area contributed by atoms with Gasteiger partial charge in [-0.05, 0) is 72.5 Å². The van der Waals surface area contributed by atoms with E-state index in [1.165, 1.54) is 12.1 Å². The molecule has 1 heterocycles. The van der Waals surface area contributed by atoms with Crippen molar-refractivity contribution in [1.82, 2.24) is 5.32 Å². The molecule has 3 amide bonds. The van der Waals surface area contributed by atoms with Gasteiger partial charge in [0.05, 0.1) is 5.56 Å². The van der Waals surface area contributed by atoms with Crippen molar-refractivity contribution in [2.45, 2.75) is 25.1 Å². The Labute approximate surface area is 193 Å². The Morgan fingerprint density at radius 1 is 0.941 bits per heavy atom. The Balaban J connectivity index is 1.39. The lowest BCUT2D eigenvalue weighted by Crippen LogP contribution is -2.53. The summed E-state index contributed by atoms with van der Waals surface area (Å²) in [5.41, 5.74) is 1.53. The van der Waals surface area contributed by atoms with Crippen molar-refractivity contribution in [1.29, 1.82) is 0 Å². The minimum atomic E-state index is -4.46. The number of benzene rings is 3. The van der Waals surface area contributed by atoms with Crippen molar-refractivity contribution in [3.05, 3.63) is 84.2 Å². The van der Waals surface area contributed by atoms with E-state index in [4.69, 9.17) is 0 Å². The fourth-order valence-electron chi connectivity index (χ4n) is 3.84. The zero-order chi connectivity index (χ0) is 24.3. The number of amides is 3. The molecular formula is C25H21F4N3O2. The van der Waals surface area contributed by atoms with Gasteiger partial charge in [-0.1, -0.05) is 24.3 Å². The normalized spacial score (nSPS) is 16.3. The van der Waals surface area contributed by atoms with Crippen LogP contribution in [0.1, 0.15) is 18.4 Å².